The zero-order valence-corrected chi connectivity index (χ0v) is 25.8. The fraction of sp³-hybridized carbons (Fsp3) is 0.394. The largest absolute Gasteiger partial charge is 0.501 e. The summed E-state index contributed by atoms with van der Waals surface area (Å²) in [6.07, 6.45) is 4.34. The summed E-state index contributed by atoms with van der Waals surface area (Å²) in [6, 6.07) is 17.0. The first-order valence-corrected chi connectivity index (χ1v) is 16.5. The van der Waals surface area contributed by atoms with Crippen LogP contribution in [0.25, 0.3) is 0 Å². The van der Waals surface area contributed by atoms with E-state index in [0.717, 1.165) is 50.2 Å². The number of benzene rings is 2. The van der Waals surface area contributed by atoms with Gasteiger partial charge in [0.05, 0.1) is 16.5 Å². The van der Waals surface area contributed by atoms with E-state index in [9.17, 15) is 31.2 Å². The summed E-state index contributed by atoms with van der Waals surface area (Å²) in [5.41, 5.74) is -2.88. The number of halogens is 3. The topological polar surface area (TPSA) is 121 Å². The molecule has 0 atom stereocenters. The normalized spacial score (nSPS) is 17.0. The van der Waals surface area contributed by atoms with Crippen molar-refractivity contribution in [1.29, 1.82) is 5.26 Å². The van der Waals surface area contributed by atoms with Crippen molar-refractivity contribution in [3.05, 3.63) is 89.2 Å². The number of nitrogens with zero attached hydrogens (tertiary/aromatic N) is 4. The van der Waals surface area contributed by atoms with Gasteiger partial charge in [0.1, 0.15) is 17.5 Å². The Morgan fingerprint density at radius 3 is 2.13 bits per heavy atom. The lowest BCUT2D eigenvalue weighted by Crippen LogP contribution is -2.42. The number of amides is 1. The molecule has 2 saturated heterocycles. The molecule has 2 aliphatic heterocycles. The maximum atomic E-state index is 13.0. The van der Waals surface area contributed by atoms with Crippen molar-refractivity contribution in [1.82, 2.24) is 14.8 Å². The van der Waals surface area contributed by atoms with Crippen LogP contribution in [-0.4, -0.2) is 72.7 Å². The molecular formula is C33H33F3N4O5S. The van der Waals surface area contributed by atoms with E-state index in [-0.39, 0.29) is 35.2 Å². The number of aromatic nitrogens is 1. The minimum atomic E-state index is -5.43. The van der Waals surface area contributed by atoms with E-state index in [2.05, 4.69) is 16.0 Å². The SMILES string of the molecule is N#Cc1ccc(CN2CCC(CC(=O)c3ccc(C(=O)N4CCC(Oc5ccc(S(=O)(=O)C(F)(F)F)cc5)CC4)nc3)CC2)cc1. The van der Waals surface area contributed by atoms with Crippen LogP contribution in [0.5, 0.6) is 5.75 Å². The number of ketones is 1. The number of hydrogen-bond donors (Lipinski definition) is 0. The van der Waals surface area contributed by atoms with Crippen molar-refractivity contribution in [2.45, 2.75) is 55.2 Å². The molecular weight excluding hydrogens is 621 g/mol. The summed E-state index contributed by atoms with van der Waals surface area (Å²) < 4.78 is 67.2. The predicted molar refractivity (Wildman–Crippen MR) is 162 cm³/mol. The summed E-state index contributed by atoms with van der Waals surface area (Å²) in [7, 11) is -5.43. The Balaban J connectivity index is 1.05. The summed E-state index contributed by atoms with van der Waals surface area (Å²) in [5, 5.41) is 8.96. The van der Waals surface area contributed by atoms with Gasteiger partial charge in [-0.15, -0.1) is 0 Å². The highest BCUT2D eigenvalue weighted by Crippen LogP contribution is 2.31. The molecule has 0 radical (unpaired) electrons. The van der Waals surface area contributed by atoms with Crippen molar-refractivity contribution >= 4 is 21.5 Å². The first kappa shape index (κ1) is 33.1. The lowest BCUT2D eigenvalue weighted by atomic mass is 9.90. The molecule has 0 N–H and O–H groups in total. The molecule has 46 heavy (non-hydrogen) atoms. The molecule has 242 valence electrons. The molecule has 5 rings (SSSR count). The Morgan fingerprint density at radius 1 is 0.913 bits per heavy atom. The van der Waals surface area contributed by atoms with Crippen LogP contribution in [-0.2, 0) is 16.4 Å². The Bertz CT molecular complexity index is 1670. The van der Waals surface area contributed by atoms with Crippen molar-refractivity contribution in [3.8, 4) is 11.8 Å². The summed E-state index contributed by atoms with van der Waals surface area (Å²) in [5.74, 6) is 0.245. The van der Waals surface area contributed by atoms with Gasteiger partial charge >= 0.3 is 5.51 Å². The number of sulfone groups is 1. The fourth-order valence-electron chi connectivity index (χ4n) is 5.72. The molecule has 1 amide bonds. The molecule has 9 nitrogen and oxygen atoms in total. The van der Waals surface area contributed by atoms with Crippen molar-refractivity contribution in [2.75, 3.05) is 26.2 Å². The molecule has 1 aromatic heterocycles. The van der Waals surface area contributed by atoms with Crippen molar-refractivity contribution < 1.29 is 35.9 Å². The van der Waals surface area contributed by atoms with Gasteiger partial charge < -0.3 is 9.64 Å². The van der Waals surface area contributed by atoms with Gasteiger partial charge in [-0.2, -0.15) is 18.4 Å². The molecule has 0 spiro atoms. The molecule has 0 bridgehead atoms. The van der Waals surface area contributed by atoms with Gasteiger partial charge in [-0.1, -0.05) is 12.1 Å². The van der Waals surface area contributed by atoms with Crippen LogP contribution in [0.2, 0.25) is 0 Å². The summed E-state index contributed by atoms with van der Waals surface area (Å²) in [6.45, 7) is 3.34. The zero-order chi connectivity index (χ0) is 32.9. The Kier molecular flexibility index (Phi) is 10.1. The molecule has 0 unspecified atom stereocenters. The van der Waals surface area contributed by atoms with Crippen LogP contribution >= 0.6 is 0 Å². The van der Waals surface area contributed by atoms with Gasteiger partial charge in [0, 0.05) is 50.7 Å². The monoisotopic (exact) mass is 654 g/mol. The van der Waals surface area contributed by atoms with E-state index < -0.39 is 20.2 Å². The number of carbonyl (C=O) groups is 2. The third-order valence-corrected chi connectivity index (χ3v) is 9.95. The van der Waals surface area contributed by atoms with E-state index in [0.29, 0.717) is 43.5 Å². The molecule has 13 heteroatoms. The quantitative estimate of drug-likeness (QED) is 0.281. The molecule has 2 fully saturated rings. The fourth-order valence-corrected chi connectivity index (χ4v) is 6.48. The average molecular weight is 655 g/mol. The number of likely N-dealkylation sites (tertiary alicyclic amines) is 2. The van der Waals surface area contributed by atoms with Crippen LogP contribution < -0.4 is 4.74 Å². The predicted octanol–water partition coefficient (Wildman–Crippen LogP) is 5.42. The highest BCUT2D eigenvalue weighted by atomic mass is 32.2. The highest BCUT2D eigenvalue weighted by Gasteiger charge is 2.46. The van der Waals surface area contributed by atoms with Crippen LogP contribution in [0.15, 0.2) is 71.8 Å². The standard InChI is InChI=1S/C33H33F3N4O5S/c34-33(35,36)46(43,44)29-8-6-27(7-9-29)45-28-13-17-40(18-14-28)32(42)30-10-5-26(21-38-30)31(41)19-23-11-15-39(16-12-23)22-25-3-1-24(20-37)2-4-25/h1-10,21,23,28H,11-19,22H2. The number of alkyl halides is 3. The van der Waals surface area contributed by atoms with Crippen LogP contribution in [0.1, 0.15) is 64.1 Å². The van der Waals surface area contributed by atoms with Crippen LogP contribution in [0.4, 0.5) is 13.2 Å². The summed E-state index contributed by atoms with van der Waals surface area (Å²) >= 11 is 0. The maximum Gasteiger partial charge on any atom is 0.501 e. The summed E-state index contributed by atoms with van der Waals surface area (Å²) in [4.78, 5) is 33.4. The van der Waals surface area contributed by atoms with Gasteiger partial charge in [0.2, 0.25) is 0 Å². The van der Waals surface area contributed by atoms with E-state index in [4.69, 9.17) is 10.00 Å². The number of piperidine rings is 2. The Hall–Kier alpha value is -4.28. The number of nitriles is 1. The minimum absolute atomic E-state index is 0.000887. The number of ether oxygens (including phenoxy) is 1. The number of pyridine rings is 1. The van der Waals surface area contributed by atoms with Gasteiger partial charge in [-0.25, -0.2) is 8.42 Å². The number of hydrogen-bond acceptors (Lipinski definition) is 8. The highest BCUT2D eigenvalue weighted by molar-refractivity contribution is 7.92. The zero-order valence-electron chi connectivity index (χ0n) is 24.9. The van der Waals surface area contributed by atoms with Gasteiger partial charge in [0.15, 0.2) is 5.78 Å². The molecule has 3 heterocycles. The minimum Gasteiger partial charge on any atom is -0.490 e. The first-order valence-electron chi connectivity index (χ1n) is 15.0. The number of Topliss-reactive ketones (excluding diaryl/α,β-unsaturated/α-hetero) is 1. The van der Waals surface area contributed by atoms with Crippen LogP contribution in [0.3, 0.4) is 0 Å². The second-order valence-corrected chi connectivity index (χ2v) is 13.6. The van der Waals surface area contributed by atoms with E-state index in [1.807, 2.05) is 24.3 Å². The number of carbonyl (C=O) groups excluding carboxylic acids is 2. The maximum absolute atomic E-state index is 13.0. The molecule has 0 saturated carbocycles. The lowest BCUT2D eigenvalue weighted by Gasteiger charge is -2.32. The number of rotatable bonds is 9. The molecule has 2 aromatic carbocycles. The second kappa shape index (κ2) is 14.0. The van der Waals surface area contributed by atoms with Crippen molar-refractivity contribution in [3.63, 3.8) is 0 Å². The Morgan fingerprint density at radius 2 is 1.57 bits per heavy atom. The molecule has 3 aromatic rings. The second-order valence-electron chi connectivity index (χ2n) is 11.6. The third-order valence-electron chi connectivity index (χ3n) is 8.45. The Labute approximate surface area is 265 Å². The van der Waals surface area contributed by atoms with Gasteiger partial charge in [-0.05, 0) is 85.9 Å². The lowest BCUT2D eigenvalue weighted by molar-refractivity contribution is -0.0436. The smallest absolute Gasteiger partial charge is 0.490 e. The van der Waals surface area contributed by atoms with Gasteiger partial charge in [0.25, 0.3) is 15.7 Å². The molecule has 2 aliphatic rings. The van der Waals surface area contributed by atoms with Gasteiger partial charge in [-0.3, -0.25) is 19.5 Å². The van der Waals surface area contributed by atoms with E-state index >= 15 is 0 Å². The van der Waals surface area contributed by atoms with Crippen molar-refractivity contribution in [2.24, 2.45) is 5.92 Å². The van der Waals surface area contributed by atoms with Crippen LogP contribution in [0, 0.1) is 17.2 Å². The first-order chi connectivity index (χ1) is 21.9. The van der Waals surface area contributed by atoms with E-state index in [1.165, 1.54) is 18.3 Å². The van der Waals surface area contributed by atoms with E-state index in [1.54, 1.807) is 17.0 Å². The third kappa shape index (κ3) is 7.92. The molecule has 0 aliphatic carbocycles. The average Bonchev–Trinajstić information content (AvgIpc) is 3.06.